The van der Waals surface area contributed by atoms with Gasteiger partial charge in [0, 0.05) is 11.6 Å². The van der Waals surface area contributed by atoms with Crippen LogP contribution in [0.3, 0.4) is 0 Å². The van der Waals surface area contributed by atoms with Crippen molar-refractivity contribution in [2.75, 3.05) is 7.11 Å². The highest BCUT2D eigenvalue weighted by Gasteiger charge is 2.31. The van der Waals surface area contributed by atoms with Gasteiger partial charge in [-0.05, 0) is 49.9 Å². The first-order chi connectivity index (χ1) is 8.54. The van der Waals surface area contributed by atoms with Crippen molar-refractivity contribution in [1.29, 1.82) is 0 Å². The third kappa shape index (κ3) is 2.95. The normalized spacial score (nSPS) is 25.0. The minimum absolute atomic E-state index is 0.223. The zero-order valence-corrected chi connectivity index (χ0v) is 12.7. The maximum absolute atomic E-state index is 12.4. The summed E-state index contributed by atoms with van der Waals surface area (Å²) in [6.07, 6.45) is 3.27. The van der Waals surface area contributed by atoms with E-state index in [2.05, 4.69) is 15.9 Å². The van der Waals surface area contributed by atoms with Crippen LogP contribution in [0.1, 0.15) is 25.7 Å². The molecule has 0 spiro atoms. The Balaban J connectivity index is 2.15. The second kappa shape index (κ2) is 5.72. The van der Waals surface area contributed by atoms with E-state index in [1.165, 1.54) is 0 Å². The van der Waals surface area contributed by atoms with Gasteiger partial charge in [-0.25, -0.2) is 8.42 Å². The monoisotopic (exact) mass is 332 g/mol. The van der Waals surface area contributed by atoms with Gasteiger partial charge >= 0.3 is 0 Å². The topological polar surface area (TPSA) is 43.4 Å². The van der Waals surface area contributed by atoms with Gasteiger partial charge in [0.05, 0.1) is 16.2 Å². The van der Waals surface area contributed by atoms with E-state index in [9.17, 15) is 8.42 Å². The molecule has 1 aromatic carbocycles. The number of halogens is 1. The van der Waals surface area contributed by atoms with E-state index in [0.717, 1.165) is 17.3 Å². The van der Waals surface area contributed by atoms with Crippen LogP contribution >= 0.6 is 15.9 Å². The van der Waals surface area contributed by atoms with Crippen molar-refractivity contribution >= 4 is 25.8 Å². The van der Waals surface area contributed by atoms with Gasteiger partial charge in [0.2, 0.25) is 0 Å². The zero-order chi connectivity index (χ0) is 13.2. The quantitative estimate of drug-likeness (QED) is 0.853. The first kappa shape index (κ1) is 14.0. The van der Waals surface area contributed by atoms with Crippen molar-refractivity contribution in [3.8, 4) is 0 Å². The van der Waals surface area contributed by atoms with E-state index in [1.807, 2.05) is 0 Å². The third-order valence-corrected chi connectivity index (χ3v) is 6.34. The average molecular weight is 333 g/mol. The molecule has 0 atom stereocenters. The molecule has 2 rings (SSSR count). The van der Waals surface area contributed by atoms with Gasteiger partial charge in [-0.1, -0.05) is 15.9 Å². The molecule has 0 N–H and O–H groups in total. The van der Waals surface area contributed by atoms with Gasteiger partial charge in [0.1, 0.15) is 0 Å². The van der Waals surface area contributed by atoms with E-state index >= 15 is 0 Å². The highest BCUT2D eigenvalue weighted by Crippen LogP contribution is 2.30. The van der Waals surface area contributed by atoms with Crippen LogP contribution in [-0.4, -0.2) is 26.9 Å². The first-order valence-electron chi connectivity index (χ1n) is 6.06. The third-order valence-electron chi connectivity index (χ3n) is 3.54. The number of hydrogen-bond acceptors (Lipinski definition) is 3. The molecule has 3 nitrogen and oxygen atoms in total. The van der Waals surface area contributed by atoms with Crippen molar-refractivity contribution in [3.63, 3.8) is 0 Å². The Bertz CT molecular complexity index is 487. The molecule has 0 aliphatic heterocycles. The van der Waals surface area contributed by atoms with Gasteiger partial charge < -0.3 is 4.74 Å². The Morgan fingerprint density at radius 3 is 2.17 bits per heavy atom. The molecule has 1 aromatic rings. The summed E-state index contributed by atoms with van der Waals surface area (Å²) in [6.45, 7) is 0. The number of hydrogen-bond donors (Lipinski definition) is 0. The average Bonchev–Trinajstić information content (AvgIpc) is 2.39. The van der Waals surface area contributed by atoms with Crippen molar-refractivity contribution in [1.82, 2.24) is 0 Å². The van der Waals surface area contributed by atoms with Crippen LogP contribution in [0.5, 0.6) is 0 Å². The Morgan fingerprint density at radius 2 is 1.67 bits per heavy atom. The maximum Gasteiger partial charge on any atom is 0.181 e. The molecule has 0 heterocycles. The molecule has 0 unspecified atom stereocenters. The fourth-order valence-corrected chi connectivity index (χ4v) is 4.45. The van der Waals surface area contributed by atoms with Crippen molar-refractivity contribution in [3.05, 3.63) is 28.7 Å². The van der Waals surface area contributed by atoms with Gasteiger partial charge in [-0.2, -0.15) is 0 Å². The van der Waals surface area contributed by atoms with E-state index in [1.54, 1.807) is 31.4 Å². The lowest BCUT2D eigenvalue weighted by atomic mass is 9.97. The molecule has 0 bridgehead atoms. The zero-order valence-electron chi connectivity index (χ0n) is 10.3. The molecule has 0 amide bonds. The number of sulfone groups is 1. The predicted octanol–water partition coefficient (Wildman–Crippen LogP) is 3.18. The second-order valence-corrected chi connectivity index (χ2v) is 7.78. The summed E-state index contributed by atoms with van der Waals surface area (Å²) in [6, 6.07) is 6.88. The van der Waals surface area contributed by atoms with Crippen molar-refractivity contribution < 1.29 is 13.2 Å². The highest BCUT2D eigenvalue weighted by molar-refractivity contribution is 9.10. The molecular formula is C13H17BrO3S. The first-order valence-corrected chi connectivity index (χ1v) is 8.40. The Kier molecular flexibility index (Phi) is 4.45. The smallest absolute Gasteiger partial charge is 0.181 e. The SMILES string of the molecule is COC1CCC(S(=O)(=O)c2ccc(Br)cc2)CC1. The van der Waals surface area contributed by atoms with Gasteiger partial charge in [-0.15, -0.1) is 0 Å². The van der Waals surface area contributed by atoms with E-state index in [0.29, 0.717) is 17.7 Å². The summed E-state index contributed by atoms with van der Waals surface area (Å²) in [5.74, 6) is 0. The Morgan fingerprint density at radius 1 is 1.11 bits per heavy atom. The van der Waals surface area contributed by atoms with Crippen molar-refractivity contribution in [2.45, 2.75) is 41.9 Å². The maximum atomic E-state index is 12.4. The van der Waals surface area contributed by atoms with Crippen LogP contribution in [-0.2, 0) is 14.6 Å². The Hall–Kier alpha value is -0.390. The van der Waals surface area contributed by atoms with Crippen LogP contribution in [0, 0.1) is 0 Å². The summed E-state index contributed by atoms with van der Waals surface area (Å²) < 4.78 is 31.0. The number of methoxy groups -OCH3 is 1. The number of ether oxygens (including phenoxy) is 1. The molecule has 1 aliphatic rings. The van der Waals surface area contributed by atoms with Crippen LogP contribution < -0.4 is 0 Å². The highest BCUT2D eigenvalue weighted by atomic mass is 79.9. The molecule has 0 aromatic heterocycles. The minimum Gasteiger partial charge on any atom is -0.381 e. The standard InChI is InChI=1S/C13H17BrO3S/c1-17-11-4-8-13(9-5-11)18(15,16)12-6-2-10(14)3-7-12/h2-3,6-7,11,13H,4-5,8-9H2,1H3. The fraction of sp³-hybridized carbons (Fsp3) is 0.538. The van der Waals surface area contributed by atoms with E-state index in [-0.39, 0.29) is 11.4 Å². The van der Waals surface area contributed by atoms with Gasteiger partial charge in [0.25, 0.3) is 0 Å². The fourth-order valence-electron chi connectivity index (χ4n) is 2.39. The molecule has 0 saturated heterocycles. The van der Waals surface area contributed by atoms with Crippen LogP contribution in [0.25, 0.3) is 0 Å². The summed E-state index contributed by atoms with van der Waals surface area (Å²) in [5.41, 5.74) is 0. The predicted molar refractivity (Wildman–Crippen MR) is 74.4 cm³/mol. The lowest BCUT2D eigenvalue weighted by Gasteiger charge is -2.27. The Labute approximate surface area is 117 Å². The molecule has 100 valence electrons. The largest absolute Gasteiger partial charge is 0.381 e. The van der Waals surface area contributed by atoms with Gasteiger partial charge in [-0.3, -0.25) is 0 Å². The lowest BCUT2D eigenvalue weighted by Crippen LogP contribution is -2.30. The van der Waals surface area contributed by atoms with Crippen LogP contribution in [0.4, 0.5) is 0 Å². The molecule has 18 heavy (non-hydrogen) atoms. The molecule has 1 fully saturated rings. The van der Waals surface area contributed by atoms with Gasteiger partial charge in [0.15, 0.2) is 9.84 Å². The molecular weight excluding hydrogens is 316 g/mol. The molecule has 1 saturated carbocycles. The number of rotatable bonds is 3. The summed E-state index contributed by atoms with van der Waals surface area (Å²) in [4.78, 5) is 0.423. The summed E-state index contributed by atoms with van der Waals surface area (Å²) in [5, 5.41) is -0.259. The minimum atomic E-state index is -3.19. The van der Waals surface area contributed by atoms with Crippen molar-refractivity contribution in [2.24, 2.45) is 0 Å². The number of benzene rings is 1. The summed E-state index contributed by atoms with van der Waals surface area (Å²) in [7, 11) is -1.50. The lowest BCUT2D eigenvalue weighted by molar-refractivity contribution is 0.0717. The molecule has 5 heteroatoms. The van der Waals surface area contributed by atoms with E-state index in [4.69, 9.17) is 4.74 Å². The molecule has 0 radical (unpaired) electrons. The van der Waals surface area contributed by atoms with E-state index < -0.39 is 9.84 Å². The summed E-state index contributed by atoms with van der Waals surface area (Å²) >= 11 is 3.31. The van der Waals surface area contributed by atoms with Crippen LogP contribution in [0.2, 0.25) is 0 Å². The molecule has 1 aliphatic carbocycles. The second-order valence-electron chi connectivity index (χ2n) is 4.63. The van der Waals surface area contributed by atoms with Crippen LogP contribution in [0.15, 0.2) is 33.6 Å².